The number of aromatic nitrogens is 1. The molecule has 1 N–H and O–H groups in total. The second-order valence-corrected chi connectivity index (χ2v) is 7.07. The number of amides is 1. The Kier molecular flexibility index (Phi) is 6.17. The monoisotopic (exact) mass is 432 g/mol. The van der Waals surface area contributed by atoms with Crippen LogP contribution < -0.4 is 14.8 Å². The number of nitrogens with one attached hydrogen (secondary N) is 1. The van der Waals surface area contributed by atoms with Crippen LogP contribution in [0.1, 0.15) is 24.3 Å². The summed E-state index contributed by atoms with van der Waals surface area (Å²) >= 11 is 0. The molecule has 0 aliphatic rings. The smallest absolute Gasteiger partial charge is 0.244 e. The minimum Gasteiger partial charge on any atom is -0.493 e. The summed E-state index contributed by atoms with van der Waals surface area (Å²) < 4.78 is 31.0. The van der Waals surface area contributed by atoms with Crippen LogP contribution in [0.2, 0.25) is 0 Å². The van der Waals surface area contributed by atoms with Crippen molar-refractivity contribution < 1.29 is 23.1 Å². The van der Waals surface area contributed by atoms with Gasteiger partial charge >= 0.3 is 0 Å². The van der Waals surface area contributed by atoms with E-state index >= 15 is 0 Å². The molecule has 1 unspecified atom stereocenters. The number of ether oxygens (including phenoxy) is 2. The summed E-state index contributed by atoms with van der Waals surface area (Å²) in [6, 6.07) is 14.9. The van der Waals surface area contributed by atoms with Crippen LogP contribution in [0, 0.1) is 5.82 Å². The minimum atomic E-state index is -0.541. The Morgan fingerprint density at radius 1 is 1.16 bits per heavy atom. The number of para-hydroxylation sites is 1. The highest BCUT2D eigenvalue weighted by atomic mass is 19.1. The van der Waals surface area contributed by atoms with E-state index in [1.54, 1.807) is 31.5 Å². The molecule has 0 spiro atoms. The van der Waals surface area contributed by atoms with Crippen LogP contribution >= 0.6 is 0 Å². The lowest BCUT2D eigenvalue weighted by molar-refractivity contribution is -0.117. The number of fused-ring (bicyclic) bond motifs is 1. The average molecular weight is 432 g/mol. The second-order valence-electron chi connectivity index (χ2n) is 7.07. The Bertz CT molecular complexity index is 1270. The first-order chi connectivity index (χ1) is 15.5. The van der Waals surface area contributed by atoms with Crippen LogP contribution in [-0.2, 0) is 4.79 Å². The van der Waals surface area contributed by atoms with Crippen LogP contribution in [0.25, 0.3) is 17.0 Å². The minimum absolute atomic E-state index is 0.0773. The zero-order valence-corrected chi connectivity index (χ0v) is 17.5. The maximum absolute atomic E-state index is 14.4. The van der Waals surface area contributed by atoms with Crippen molar-refractivity contribution in [2.45, 2.75) is 13.0 Å². The van der Waals surface area contributed by atoms with Gasteiger partial charge in [0.2, 0.25) is 5.91 Å². The van der Waals surface area contributed by atoms with Gasteiger partial charge in [-0.05, 0) is 55.0 Å². The number of carbonyl (C=O) groups excluding carboxylic acids is 1. The van der Waals surface area contributed by atoms with Crippen molar-refractivity contribution in [3.8, 4) is 17.2 Å². The van der Waals surface area contributed by atoms with Gasteiger partial charge in [-0.1, -0.05) is 18.2 Å². The molecule has 0 saturated carbocycles. The Hall–Kier alpha value is -4.13. The summed E-state index contributed by atoms with van der Waals surface area (Å²) in [5.74, 6) is 0.876. The fourth-order valence-corrected chi connectivity index (χ4v) is 3.17. The topological polar surface area (TPSA) is 73.6 Å². The highest BCUT2D eigenvalue weighted by Crippen LogP contribution is 2.31. The third-order valence-electron chi connectivity index (χ3n) is 4.78. The van der Waals surface area contributed by atoms with E-state index in [4.69, 9.17) is 13.9 Å². The summed E-state index contributed by atoms with van der Waals surface area (Å²) in [6.07, 6.45) is 5.97. The van der Waals surface area contributed by atoms with Crippen molar-refractivity contribution >= 4 is 23.0 Å². The van der Waals surface area contributed by atoms with Crippen molar-refractivity contribution in [3.63, 3.8) is 0 Å². The first-order valence-electron chi connectivity index (χ1n) is 9.96. The molecule has 2 aromatic heterocycles. The normalized spacial score (nSPS) is 12.1. The van der Waals surface area contributed by atoms with Gasteiger partial charge in [-0.3, -0.25) is 9.78 Å². The number of hydrogen-bond acceptors (Lipinski definition) is 5. The molecule has 32 heavy (non-hydrogen) atoms. The summed E-state index contributed by atoms with van der Waals surface area (Å²) in [6.45, 7) is 1.82. The first-order valence-corrected chi connectivity index (χ1v) is 9.96. The van der Waals surface area contributed by atoms with Crippen molar-refractivity contribution in [2.24, 2.45) is 0 Å². The number of methoxy groups -OCH3 is 1. The lowest BCUT2D eigenvalue weighted by Crippen LogP contribution is -2.24. The number of carbonyl (C=O) groups is 1. The SMILES string of the molecule is COc1cccc2cc(C(C)NC(=O)/C=C/c3ccc(Oc4cccnc4)c(F)c3)oc12. The Morgan fingerprint density at radius 2 is 2.03 bits per heavy atom. The molecule has 162 valence electrons. The van der Waals surface area contributed by atoms with E-state index in [1.807, 2.05) is 31.2 Å². The number of pyridine rings is 1. The van der Waals surface area contributed by atoms with E-state index in [2.05, 4.69) is 10.3 Å². The first kappa shape index (κ1) is 21.1. The lowest BCUT2D eigenvalue weighted by Gasteiger charge is -2.09. The zero-order chi connectivity index (χ0) is 22.5. The molecular weight excluding hydrogens is 411 g/mol. The molecule has 7 heteroatoms. The molecule has 1 amide bonds. The van der Waals surface area contributed by atoms with Crippen LogP contribution in [0.5, 0.6) is 17.2 Å². The number of hydrogen-bond donors (Lipinski definition) is 1. The summed E-state index contributed by atoms with van der Waals surface area (Å²) in [5, 5.41) is 3.73. The van der Waals surface area contributed by atoms with E-state index in [9.17, 15) is 9.18 Å². The number of nitrogens with zero attached hydrogens (tertiary/aromatic N) is 1. The molecule has 1 atom stereocenters. The van der Waals surface area contributed by atoms with Gasteiger partial charge in [0.25, 0.3) is 0 Å². The molecule has 6 nitrogen and oxygen atoms in total. The van der Waals surface area contributed by atoms with Crippen LogP contribution in [-0.4, -0.2) is 18.0 Å². The van der Waals surface area contributed by atoms with Crippen LogP contribution in [0.3, 0.4) is 0 Å². The summed E-state index contributed by atoms with van der Waals surface area (Å²) in [5.41, 5.74) is 1.16. The third kappa shape index (κ3) is 4.78. The average Bonchev–Trinajstić information content (AvgIpc) is 3.25. The highest BCUT2D eigenvalue weighted by Gasteiger charge is 2.15. The van der Waals surface area contributed by atoms with Gasteiger partial charge in [0.15, 0.2) is 22.9 Å². The second kappa shape index (κ2) is 9.34. The van der Waals surface area contributed by atoms with Crippen LogP contribution in [0.15, 0.2) is 77.5 Å². The molecule has 4 aromatic rings. The van der Waals surface area contributed by atoms with Gasteiger partial charge in [-0.15, -0.1) is 0 Å². The molecule has 2 heterocycles. The maximum atomic E-state index is 14.4. The van der Waals surface area contributed by atoms with E-state index < -0.39 is 5.82 Å². The van der Waals surface area contributed by atoms with Gasteiger partial charge in [-0.25, -0.2) is 4.39 Å². The summed E-state index contributed by atoms with van der Waals surface area (Å²) in [4.78, 5) is 16.3. The molecule has 2 aromatic carbocycles. The van der Waals surface area contributed by atoms with Gasteiger partial charge < -0.3 is 19.2 Å². The molecule has 0 bridgehead atoms. The van der Waals surface area contributed by atoms with Gasteiger partial charge in [-0.2, -0.15) is 0 Å². The fourth-order valence-electron chi connectivity index (χ4n) is 3.17. The van der Waals surface area contributed by atoms with E-state index in [0.29, 0.717) is 28.4 Å². The largest absolute Gasteiger partial charge is 0.493 e. The van der Waals surface area contributed by atoms with Gasteiger partial charge in [0.1, 0.15) is 11.5 Å². The third-order valence-corrected chi connectivity index (χ3v) is 4.78. The molecule has 0 saturated heterocycles. The molecule has 0 radical (unpaired) electrons. The fraction of sp³-hybridized carbons (Fsp3) is 0.120. The maximum Gasteiger partial charge on any atom is 0.244 e. The van der Waals surface area contributed by atoms with E-state index in [-0.39, 0.29) is 17.7 Å². The summed E-state index contributed by atoms with van der Waals surface area (Å²) in [7, 11) is 1.58. The lowest BCUT2D eigenvalue weighted by atomic mass is 10.2. The number of rotatable bonds is 7. The molecule has 4 rings (SSSR count). The predicted molar refractivity (Wildman–Crippen MR) is 119 cm³/mol. The number of halogens is 1. The van der Waals surface area contributed by atoms with E-state index in [1.165, 1.54) is 30.5 Å². The van der Waals surface area contributed by atoms with Gasteiger partial charge in [0, 0.05) is 17.7 Å². The Balaban J connectivity index is 1.40. The van der Waals surface area contributed by atoms with Crippen molar-refractivity contribution in [1.82, 2.24) is 10.3 Å². The van der Waals surface area contributed by atoms with E-state index in [0.717, 1.165) is 5.39 Å². The quantitative estimate of drug-likeness (QED) is 0.382. The zero-order valence-electron chi connectivity index (χ0n) is 17.5. The highest BCUT2D eigenvalue weighted by molar-refractivity contribution is 5.92. The van der Waals surface area contributed by atoms with Gasteiger partial charge in [0.05, 0.1) is 19.3 Å². The Morgan fingerprint density at radius 3 is 2.78 bits per heavy atom. The van der Waals surface area contributed by atoms with Crippen molar-refractivity contribution in [3.05, 3.63) is 90.2 Å². The molecule has 0 aliphatic heterocycles. The molecular formula is C25H21FN2O4. The number of benzene rings is 2. The van der Waals surface area contributed by atoms with Crippen molar-refractivity contribution in [2.75, 3.05) is 7.11 Å². The Labute approximate surface area is 184 Å². The number of furan rings is 1. The molecule has 0 aliphatic carbocycles. The molecule has 0 fully saturated rings. The van der Waals surface area contributed by atoms with Crippen LogP contribution in [0.4, 0.5) is 4.39 Å². The standard InChI is InChI=1S/C25H21FN2O4/c1-16(23-14-18-5-3-7-22(30-2)25(18)32-23)28-24(29)11-9-17-8-10-21(20(26)13-17)31-19-6-4-12-27-15-19/h3-16H,1-2H3,(H,28,29)/b11-9+. The predicted octanol–water partition coefficient (Wildman–Crippen LogP) is 5.66. The van der Waals surface area contributed by atoms with Crippen molar-refractivity contribution in [1.29, 1.82) is 0 Å².